The van der Waals surface area contributed by atoms with Gasteiger partial charge in [-0.1, -0.05) is 58.4 Å². The Bertz CT molecular complexity index is 830. The Balaban J connectivity index is 1.78. The minimum absolute atomic E-state index is 0.0961. The fourth-order valence-electron chi connectivity index (χ4n) is 3.09. The molecule has 6 heteroatoms. The van der Waals surface area contributed by atoms with E-state index in [-0.39, 0.29) is 12.1 Å². The van der Waals surface area contributed by atoms with Crippen LogP contribution in [0.5, 0.6) is 0 Å². The van der Waals surface area contributed by atoms with Gasteiger partial charge in [0.1, 0.15) is 0 Å². The summed E-state index contributed by atoms with van der Waals surface area (Å²) in [5, 5.41) is 7.82. The lowest BCUT2D eigenvalue weighted by molar-refractivity contribution is 0.431. The molecule has 0 aliphatic carbocycles. The molecule has 116 valence electrons. The van der Waals surface area contributed by atoms with Crippen LogP contribution in [-0.2, 0) is 0 Å². The van der Waals surface area contributed by atoms with Gasteiger partial charge < -0.3 is 11.1 Å². The Morgan fingerprint density at radius 3 is 2.65 bits per heavy atom. The van der Waals surface area contributed by atoms with Gasteiger partial charge in [-0.05, 0) is 29.7 Å². The molecule has 23 heavy (non-hydrogen) atoms. The number of nitrogens with one attached hydrogen (secondary N) is 1. The van der Waals surface area contributed by atoms with Crippen molar-refractivity contribution in [3.8, 4) is 0 Å². The molecule has 1 aliphatic heterocycles. The average Bonchev–Trinajstić information content (AvgIpc) is 2.95. The first-order valence-corrected chi connectivity index (χ1v) is 8.29. The summed E-state index contributed by atoms with van der Waals surface area (Å²) >= 11 is 3.55. The Labute approximate surface area is 142 Å². The molecule has 0 fully saturated rings. The van der Waals surface area contributed by atoms with Crippen LogP contribution in [0, 0.1) is 0 Å². The zero-order valence-electron chi connectivity index (χ0n) is 12.4. The molecule has 2 aromatic carbocycles. The number of fused-ring (bicyclic) bond motifs is 1. The second-order valence-electron chi connectivity index (χ2n) is 5.65. The maximum atomic E-state index is 5.82. The molecular weight excluding hydrogens is 354 g/mol. The Hall–Kier alpha value is -2.34. The SMILES string of the molecule is Nc1nc2n(n1)[C@H](c1cccc(Br)c1)C[C@H](c1ccccc1)N2. The summed E-state index contributed by atoms with van der Waals surface area (Å²) in [6.45, 7) is 0. The average molecular weight is 370 g/mol. The molecule has 0 radical (unpaired) electrons. The second-order valence-corrected chi connectivity index (χ2v) is 6.57. The monoisotopic (exact) mass is 369 g/mol. The maximum absolute atomic E-state index is 5.82. The van der Waals surface area contributed by atoms with Gasteiger partial charge in [-0.3, -0.25) is 0 Å². The highest BCUT2D eigenvalue weighted by Gasteiger charge is 2.30. The van der Waals surface area contributed by atoms with Gasteiger partial charge in [-0.25, -0.2) is 4.68 Å². The summed E-state index contributed by atoms with van der Waals surface area (Å²) in [7, 11) is 0. The van der Waals surface area contributed by atoms with E-state index in [0.29, 0.717) is 11.9 Å². The van der Waals surface area contributed by atoms with E-state index in [9.17, 15) is 0 Å². The van der Waals surface area contributed by atoms with E-state index >= 15 is 0 Å². The van der Waals surface area contributed by atoms with Crippen LogP contribution in [0.1, 0.15) is 29.6 Å². The summed E-state index contributed by atoms with van der Waals surface area (Å²) in [4.78, 5) is 4.33. The molecule has 1 aliphatic rings. The van der Waals surface area contributed by atoms with Crippen molar-refractivity contribution in [3.05, 3.63) is 70.2 Å². The van der Waals surface area contributed by atoms with Gasteiger partial charge in [-0.15, -0.1) is 5.10 Å². The van der Waals surface area contributed by atoms with Crippen LogP contribution < -0.4 is 11.1 Å². The van der Waals surface area contributed by atoms with Gasteiger partial charge in [0.25, 0.3) is 0 Å². The fourth-order valence-corrected chi connectivity index (χ4v) is 3.51. The Morgan fingerprint density at radius 2 is 1.87 bits per heavy atom. The number of aromatic nitrogens is 3. The first-order chi connectivity index (χ1) is 11.2. The van der Waals surface area contributed by atoms with E-state index in [0.717, 1.165) is 10.9 Å². The lowest BCUT2D eigenvalue weighted by Gasteiger charge is -2.31. The Morgan fingerprint density at radius 1 is 1.09 bits per heavy atom. The van der Waals surface area contributed by atoms with Crippen LogP contribution in [0.3, 0.4) is 0 Å². The first-order valence-electron chi connectivity index (χ1n) is 7.49. The third kappa shape index (κ3) is 2.70. The number of nitrogens with zero attached hydrogens (tertiary/aromatic N) is 3. The van der Waals surface area contributed by atoms with Gasteiger partial charge >= 0.3 is 0 Å². The Kier molecular flexibility index (Phi) is 3.53. The zero-order valence-corrected chi connectivity index (χ0v) is 13.9. The number of anilines is 2. The number of rotatable bonds is 2. The lowest BCUT2D eigenvalue weighted by atomic mass is 9.93. The van der Waals surface area contributed by atoms with Gasteiger partial charge in [-0.2, -0.15) is 4.98 Å². The van der Waals surface area contributed by atoms with Crippen LogP contribution in [0.2, 0.25) is 0 Å². The van der Waals surface area contributed by atoms with E-state index in [1.807, 2.05) is 22.9 Å². The third-order valence-corrected chi connectivity index (χ3v) is 4.63. The molecule has 2 heterocycles. The molecule has 0 unspecified atom stereocenters. The number of nitrogens with two attached hydrogens (primary N) is 1. The van der Waals surface area contributed by atoms with Crippen molar-refractivity contribution in [2.24, 2.45) is 0 Å². The summed E-state index contributed by atoms with van der Waals surface area (Å²) in [6, 6.07) is 19.0. The van der Waals surface area contributed by atoms with E-state index in [1.54, 1.807) is 0 Å². The largest absolute Gasteiger partial charge is 0.366 e. The van der Waals surface area contributed by atoms with Crippen LogP contribution in [0.15, 0.2) is 59.1 Å². The van der Waals surface area contributed by atoms with E-state index in [1.165, 1.54) is 11.1 Å². The van der Waals surface area contributed by atoms with Gasteiger partial charge in [0.15, 0.2) is 0 Å². The molecule has 3 N–H and O–H groups in total. The second kappa shape index (κ2) is 5.70. The number of hydrogen-bond donors (Lipinski definition) is 2. The van der Waals surface area contributed by atoms with E-state index < -0.39 is 0 Å². The smallest absolute Gasteiger partial charge is 0.241 e. The van der Waals surface area contributed by atoms with Crippen LogP contribution in [0.4, 0.5) is 11.9 Å². The van der Waals surface area contributed by atoms with Crippen molar-refractivity contribution in [1.82, 2.24) is 14.8 Å². The highest BCUT2D eigenvalue weighted by molar-refractivity contribution is 9.10. The van der Waals surface area contributed by atoms with Gasteiger partial charge in [0.05, 0.1) is 12.1 Å². The van der Waals surface area contributed by atoms with Crippen molar-refractivity contribution in [2.45, 2.75) is 18.5 Å². The summed E-state index contributed by atoms with van der Waals surface area (Å²) < 4.78 is 2.94. The molecule has 2 atom stereocenters. The first kappa shape index (κ1) is 14.3. The normalized spacial score (nSPS) is 19.9. The molecule has 0 amide bonds. The summed E-state index contributed by atoms with van der Waals surface area (Å²) in [5.41, 5.74) is 8.24. The van der Waals surface area contributed by atoms with Crippen molar-refractivity contribution < 1.29 is 0 Å². The number of benzene rings is 2. The van der Waals surface area contributed by atoms with Gasteiger partial charge in [0.2, 0.25) is 11.9 Å². The minimum atomic E-state index is 0.0961. The standard InChI is InChI=1S/C17H16BrN5/c18-13-8-4-7-12(9-13)15-10-14(11-5-2-1-3-6-11)20-17-21-16(19)22-23(15)17/h1-9,14-15H,10H2,(H3,19,20,21,22)/t14-,15+/m1/s1. The maximum Gasteiger partial charge on any atom is 0.241 e. The third-order valence-electron chi connectivity index (χ3n) is 4.14. The number of halogens is 1. The molecule has 1 aromatic heterocycles. The van der Waals surface area contributed by atoms with Crippen LogP contribution >= 0.6 is 15.9 Å². The van der Waals surface area contributed by atoms with Crippen LogP contribution in [0.25, 0.3) is 0 Å². The number of nitrogen functional groups attached to an aromatic ring is 1. The topological polar surface area (TPSA) is 68.8 Å². The minimum Gasteiger partial charge on any atom is -0.366 e. The molecule has 0 saturated carbocycles. The molecular formula is C17H16BrN5. The quantitative estimate of drug-likeness (QED) is 0.721. The zero-order chi connectivity index (χ0) is 15.8. The number of hydrogen-bond acceptors (Lipinski definition) is 4. The molecule has 0 spiro atoms. The molecule has 4 rings (SSSR count). The summed E-state index contributed by atoms with van der Waals surface area (Å²) in [6.07, 6.45) is 0.885. The van der Waals surface area contributed by atoms with Crippen molar-refractivity contribution >= 4 is 27.8 Å². The van der Waals surface area contributed by atoms with E-state index in [4.69, 9.17) is 5.73 Å². The molecule has 0 saturated heterocycles. The molecule has 3 aromatic rings. The van der Waals surface area contributed by atoms with Crippen LogP contribution in [-0.4, -0.2) is 14.8 Å². The molecule has 0 bridgehead atoms. The van der Waals surface area contributed by atoms with Crippen molar-refractivity contribution in [1.29, 1.82) is 0 Å². The highest BCUT2D eigenvalue weighted by atomic mass is 79.9. The van der Waals surface area contributed by atoms with Crippen molar-refractivity contribution in [2.75, 3.05) is 11.1 Å². The summed E-state index contributed by atoms with van der Waals surface area (Å²) in [5.74, 6) is 1.01. The predicted octanol–water partition coefficient (Wildman–Crippen LogP) is 3.77. The predicted molar refractivity (Wildman–Crippen MR) is 94.1 cm³/mol. The van der Waals surface area contributed by atoms with E-state index in [2.05, 4.69) is 67.7 Å². The van der Waals surface area contributed by atoms with Crippen molar-refractivity contribution in [3.63, 3.8) is 0 Å². The fraction of sp³-hybridized carbons (Fsp3) is 0.176. The van der Waals surface area contributed by atoms with Gasteiger partial charge in [0, 0.05) is 4.47 Å². The highest BCUT2D eigenvalue weighted by Crippen LogP contribution is 2.38. The molecule has 5 nitrogen and oxygen atoms in total. The lowest BCUT2D eigenvalue weighted by Crippen LogP contribution is -2.28.